The van der Waals surface area contributed by atoms with E-state index in [0.29, 0.717) is 32.0 Å². The molecule has 4 fully saturated rings. The molecule has 0 aromatic rings. The molecule has 0 heterocycles. The van der Waals surface area contributed by atoms with Gasteiger partial charge in [-0.25, -0.2) is 4.79 Å². The third-order valence-corrected chi connectivity index (χ3v) is 6.29. The second-order valence-electron chi connectivity index (χ2n) is 8.67. The Kier molecular flexibility index (Phi) is 6.43. The summed E-state index contributed by atoms with van der Waals surface area (Å²) in [5.41, 5.74) is 0.157. The monoisotopic (exact) mass is 390 g/mol. The third kappa shape index (κ3) is 4.98. The summed E-state index contributed by atoms with van der Waals surface area (Å²) in [5.74, 6) is -3.14. The highest BCUT2D eigenvalue weighted by molar-refractivity contribution is 5.76. The predicted molar refractivity (Wildman–Crippen MR) is 94.3 cm³/mol. The van der Waals surface area contributed by atoms with Gasteiger partial charge in [0.05, 0.1) is 19.3 Å². The fourth-order valence-electron chi connectivity index (χ4n) is 5.65. The maximum absolute atomic E-state index is 12.8. The lowest BCUT2D eigenvalue weighted by Gasteiger charge is -2.59. The Morgan fingerprint density at radius 3 is 2.44 bits per heavy atom. The van der Waals surface area contributed by atoms with Crippen LogP contribution in [-0.4, -0.2) is 50.7 Å². The Bertz CT molecular complexity index is 505. The molecule has 5 nitrogen and oxygen atoms in total. The number of halogens is 2. The van der Waals surface area contributed by atoms with Crippen molar-refractivity contribution < 1.29 is 32.5 Å². The number of esters is 1. The Morgan fingerprint density at radius 2 is 1.85 bits per heavy atom. The maximum Gasteiger partial charge on any atom is 0.376 e. The van der Waals surface area contributed by atoms with E-state index in [2.05, 4.69) is 4.74 Å². The van der Waals surface area contributed by atoms with Crippen molar-refractivity contribution in [2.75, 3.05) is 26.4 Å². The van der Waals surface area contributed by atoms with E-state index in [4.69, 9.17) is 14.2 Å². The van der Waals surface area contributed by atoms with Crippen LogP contribution in [0.25, 0.3) is 0 Å². The molecule has 0 aromatic carbocycles. The number of hydrogen-bond donors (Lipinski definition) is 0. The number of alkyl halides is 2. The first-order valence-corrected chi connectivity index (χ1v) is 10.1. The molecule has 4 rings (SSSR count). The molecule has 3 unspecified atom stereocenters. The van der Waals surface area contributed by atoms with Crippen LogP contribution < -0.4 is 0 Å². The Hall–Kier alpha value is -0.790. The van der Waals surface area contributed by atoms with Crippen molar-refractivity contribution >= 4 is 5.97 Å². The van der Waals surface area contributed by atoms with Gasteiger partial charge in [-0.05, 0) is 69.1 Å². The molecule has 4 aliphatic carbocycles. The first-order chi connectivity index (χ1) is 12.7. The summed E-state index contributed by atoms with van der Waals surface area (Å²) >= 11 is 0. The van der Waals surface area contributed by atoms with E-state index in [0.717, 1.165) is 18.8 Å². The van der Waals surface area contributed by atoms with E-state index in [-0.39, 0.29) is 31.0 Å². The van der Waals surface area contributed by atoms with Crippen molar-refractivity contribution in [3.8, 4) is 0 Å². The average molecular weight is 390 g/mol. The van der Waals surface area contributed by atoms with Crippen molar-refractivity contribution in [2.24, 2.45) is 23.2 Å². The van der Waals surface area contributed by atoms with Crippen LogP contribution in [0.4, 0.5) is 8.78 Å². The second-order valence-corrected chi connectivity index (χ2v) is 8.67. The Morgan fingerprint density at radius 1 is 1.19 bits per heavy atom. The van der Waals surface area contributed by atoms with Gasteiger partial charge in [0.2, 0.25) is 0 Å². The van der Waals surface area contributed by atoms with Crippen LogP contribution in [0.2, 0.25) is 0 Å². The molecule has 0 spiro atoms. The fraction of sp³-hybridized carbons (Fsp3) is 0.950. The third-order valence-electron chi connectivity index (χ3n) is 6.29. The Balaban J connectivity index is 1.46. The molecule has 4 bridgehead atoms. The zero-order valence-electron chi connectivity index (χ0n) is 16.5. The molecule has 4 aliphatic rings. The van der Waals surface area contributed by atoms with Crippen molar-refractivity contribution in [3.05, 3.63) is 0 Å². The summed E-state index contributed by atoms with van der Waals surface area (Å²) in [5, 5.41) is 0. The number of hydrogen-bond acceptors (Lipinski definition) is 5. The highest BCUT2D eigenvalue weighted by Crippen LogP contribution is 2.60. The van der Waals surface area contributed by atoms with Crippen LogP contribution >= 0.6 is 0 Å². The summed E-state index contributed by atoms with van der Waals surface area (Å²) in [4.78, 5) is 11.1. The van der Waals surface area contributed by atoms with Gasteiger partial charge in [0.25, 0.3) is 0 Å². The minimum Gasteiger partial charge on any atom is -0.459 e. The lowest BCUT2D eigenvalue weighted by Crippen LogP contribution is -2.56. The van der Waals surface area contributed by atoms with Crippen molar-refractivity contribution in [1.82, 2.24) is 0 Å². The van der Waals surface area contributed by atoms with E-state index in [9.17, 15) is 13.6 Å². The molecule has 3 atom stereocenters. The molecule has 0 saturated heterocycles. The topological polar surface area (TPSA) is 54.0 Å². The number of rotatable bonds is 10. The first-order valence-electron chi connectivity index (χ1n) is 10.1. The van der Waals surface area contributed by atoms with Crippen LogP contribution in [0, 0.1) is 23.2 Å². The summed E-state index contributed by atoms with van der Waals surface area (Å²) in [6.07, 6.45) is 5.85. The molecule has 0 aromatic heterocycles. The summed E-state index contributed by atoms with van der Waals surface area (Å²) in [7, 11) is 0. The minimum atomic E-state index is -3.45. The lowest BCUT2D eigenvalue weighted by atomic mass is 9.49. The van der Waals surface area contributed by atoms with Gasteiger partial charge in [0.1, 0.15) is 6.61 Å². The van der Waals surface area contributed by atoms with Crippen molar-refractivity contribution in [1.29, 1.82) is 0 Å². The van der Waals surface area contributed by atoms with Gasteiger partial charge in [-0.15, -0.1) is 0 Å². The van der Waals surface area contributed by atoms with Gasteiger partial charge in [0, 0.05) is 13.5 Å². The molecule has 0 amide bonds. The van der Waals surface area contributed by atoms with Crippen LogP contribution in [0.1, 0.15) is 52.9 Å². The van der Waals surface area contributed by atoms with Gasteiger partial charge < -0.3 is 18.9 Å². The maximum atomic E-state index is 12.8. The predicted octanol–water partition coefficient (Wildman–Crippen LogP) is 3.80. The largest absolute Gasteiger partial charge is 0.459 e. The van der Waals surface area contributed by atoms with Crippen LogP contribution in [0.15, 0.2) is 0 Å². The average Bonchev–Trinajstić information content (AvgIpc) is 2.56. The van der Waals surface area contributed by atoms with Crippen molar-refractivity contribution in [2.45, 2.75) is 71.2 Å². The van der Waals surface area contributed by atoms with Crippen LogP contribution in [-0.2, 0) is 23.7 Å². The molecule has 0 aliphatic heterocycles. The van der Waals surface area contributed by atoms with Gasteiger partial charge in [-0.1, -0.05) is 0 Å². The zero-order chi connectivity index (χ0) is 19.7. The second kappa shape index (κ2) is 8.29. The van der Waals surface area contributed by atoms with Gasteiger partial charge in [-0.2, -0.15) is 8.78 Å². The normalized spacial score (nSPS) is 36.0. The summed E-state index contributed by atoms with van der Waals surface area (Å²) < 4.78 is 47.6. The van der Waals surface area contributed by atoms with Crippen LogP contribution in [0.3, 0.4) is 0 Å². The SMILES string of the molecule is CCOC(C)OC1C2CC3CC1CC(COCCOC(=O)C(C)(F)F)(C3)C2. The molecule has 0 radical (unpaired) electrons. The molecular weight excluding hydrogens is 358 g/mol. The molecule has 156 valence electrons. The van der Waals surface area contributed by atoms with Gasteiger partial charge in [0.15, 0.2) is 6.29 Å². The number of ether oxygens (including phenoxy) is 4. The molecule has 7 heteroatoms. The standard InChI is InChI=1S/C20H32F2O5/c1-4-25-13(2)27-17-15-7-14-8-16(17)11-20(9-14,10-15)12-24-5-6-26-18(23)19(3,21)22/h13-17H,4-12H2,1-3H3. The molecule has 27 heavy (non-hydrogen) atoms. The van der Waals surface area contributed by atoms with E-state index in [1.54, 1.807) is 0 Å². The molecule has 0 N–H and O–H groups in total. The highest BCUT2D eigenvalue weighted by Gasteiger charge is 2.56. The van der Waals surface area contributed by atoms with E-state index < -0.39 is 11.9 Å². The number of carbonyl (C=O) groups excluding carboxylic acids is 1. The van der Waals surface area contributed by atoms with Crippen LogP contribution in [0.5, 0.6) is 0 Å². The Labute approximate surface area is 160 Å². The fourth-order valence-corrected chi connectivity index (χ4v) is 5.65. The highest BCUT2D eigenvalue weighted by atomic mass is 19.3. The minimum absolute atomic E-state index is 0.133. The number of carbonyl (C=O) groups is 1. The molecule has 4 saturated carbocycles. The quantitative estimate of drug-likeness (QED) is 0.323. The lowest BCUT2D eigenvalue weighted by molar-refractivity contribution is -0.236. The first kappa shape index (κ1) is 20.9. The summed E-state index contributed by atoms with van der Waals surface area (Å²) in [6, 6.07) is 0. The van der Waals surface area contributed by atoms with E-state index in [1.165, 1.54) is 19.3 Å². The van der Waals surface area contributed by atoms with Gasteiger partial charge in [-0.3, -0.25) is 0 Å². The molecular formula is C20H32F2O5. The van der Waals surface area contributed by atoms with E-state index >= 15 is 0 Å². The summed E-state index contributed by atoms with van der Waals surface area (Å²) in [6.45, 7) is 5.76. The van der Waals surface area contributed by atoms with E-state index in [1.807, 2.05) is 13.8 Å². The zero-order valence-corrected chi connectivity index (χ0v) is 16.5. The smallest absolute Gasteiger partial charge is 0.376 e. The van der Waals surface area contributed by atoms with Gasteiger partial charge >= 0.3 is 11.9 Å². The van der Waals surface area contributed by atoms with Crippen molar-refractivity contribution in [3.63, 3.8) is 0 Å².